The van der Waals surface area contributed by atoms with Crippen LogP contribution in [0.2, 0.25) is 0 Å². The van der Waals surface area contributed by atoms with Crippen molar-refractivity contribution in [3.63, 3.8) is 0 Å². The van der Waals surface area contributed by atoms with Gasteiger partial charge in [-0.25, -0.2) is 8.42 Å². The van der Waals surface area contributed by atoms with E-state index in [2.05, 4.69) is 19.2 Å². The number of rotatable bonds is 8. The Kier molecular flexibility index (Phi) is 6.31. The molecule has 0 aromatic heterocycles. The van der Waals surface area contributed by atoms with Crippen molar-refractivity contribution in [1.29, 1.82) is 0 Å². The normalized spacial score (nSPS) is 13.2. The van der Waals surface area contributed by atoms with Crippen molar-refractivity contribution in [2.75, 3.05) is 25.2 Å². The second-order valence-electron chi connectivity index (χ2n) is 4.72. The first kappa shape index (κ1) is 16.0. The standard InChI is InChI=1S/C14H23NO3S/c1-4-9-15-12(2)13-5-7-14(8-6-13)18-10-11-19(3,16)17/h5-8,12,15H,4,9-11H2,1-3H3. The molecule has 0 spiro atoms. The minimum Gasteiger partial charge on any atom is -0.493 e. The first-order valence-electron chi connectivity index (χ1n) is 6.56. The fourth-order valence-corrected chi connectivity index (χ4v) is 2.03. The van der Waals surface area contributed by atoms with Crippen LogP contribution in [0.15, 0.2) is 24.3 Å². The molecule has 0 aliphatic rings. The minimum absolute atomic E-state index is 0.0449. The molecule has 1 unspecified atom stereocenters. The zero-order chi connectivity index (χ0) is 14.3. The van der Waals surface area contributed by atoms with E-state index in [4.69, 9.17) is 4.74 Å². The highest BCUT2D eigenvalue weighted by molar-refractivity contribution is 7.90. The lowest BCUT2D eigenvalue weighted by molar-refractivity contribution is 0.341. The van der Waals surface area contributed by atoms with Crippen LogP contribution in [-0.4, -0.2) is 33.6 Å². The van der Waals surface area contributed by atoms with Gasteiger partial charge in [0.05, 0.1) is 5.75 Å². The fraction of sp³-hybridized carbons (Fsp3) is 0.571. The zero-order valence-electron chi connectivity index (χ0n) is 11.8. The molecule has 0 amide bonds. The van der Waals surface area contributed by atoms with Crippen LogP contribution in [0.1, 0.15) is 31.9 Å². The van der Waals surface area contributed by atoms with E-state index in [1.807, 2.05) is 24.3 Å². The van der Waals surface area contributed by atoms with E-state index in [-0.39, 0.29) is 12.4 Å². The molecule has 0 aliphatic heterocycles. The summed E-state index contributed by atoms with van der Waals surface area (Å²) < 4.78 is 27.4. The third kappa shape index (κ3) is 6.59. The molecule has 1 aromatic rings. The van der Waals surface area contributed by atoms with Crippen LogP contribution in [0, 0.1) is 0 Å². The highest BCUT2D eigenvalue weighted by Crippen LogP contribution is 2.17. The van der Waals surface area contributed by atoms with Crippen molar-refractivity contribution in [2.24, 2.45) is 0 Å². The molecule has 5 heteroatoms. The Balaban J connectivity index is 2.47. The number of benzene rings is 1. The third-order valence-electron chi connectivity index (χ3n) is 2.80. The monoisotopic (exact) mass is 285 g/mol. The largest absolute Gasteiger partial charge is 0.493 e. The van der Waals surface area contributed by atoms with Gasteiger partial charge in [0.15, 0.2) is 9.84 Å². The highest BCUT2D eigenvalue weighted by Gasteiger charge is 2.05. The van der Waals surface area contributed by atoms with Crippen molar-refractivity contribution in [2.45, 2.75) is 26.3 Å². The van der Waals surface area contributed by atoms with Gasteiger partial charge in [0.2, 0.25) is 0 Å². The van der Waals surface area contributed by atoms with E-state index in [0.717, 1.165) is 13.0 Å². The van der Waals surface area contributed by atoms with Gasteiger partial charge in [0, 0.05) is 12.3 Å². The van der Waals surface area contributed by atoms with Gasteiger partial charge < -0.3 is 10.1 Å². The second-order valence-corrected chi connectivity index (χ2v) is 6.98. The van der Waals surface area contributed by atoms with E-state index in [9.17, 15) is 8.42 Å². The predicted molar refractivity (Wildman–Crippen MR) is 78.4 cm³/mol. The summed E-state index contributed by atoms with van der Waals surface area (Å²) in [6, 6.07) is 8.07. The summed E-state index contributed by atoms with van der Waals surface area (Å²) >= 11 is 0. The van der Waals surface area contributed by atoms with E-state index >= 15 is 0 Å². The molecular formula is C14H23NO3S. The molecule has 19 heavy (non-hydrogen) atoms. The smallest absolute Gasteiger partial charge is 0.150 e. The Labute approximate surface area is 116 Å². The average molecular weight is 285 g/mol. The van der Waals surface area contributed by atoms with E-state index in [0.29, 0.717) is 11.8 Å². The van der Waals surface area contributed by atoms with E-state index in [1.54, 1.807) is 0 Å². The van der Waals surface area contributed by atoms with Crippen LogP contribution in [0.25, 0.3) is 0 Å². The molecule has 0 saturated heterocycles. The summed E-state index contributed by atoms with van der Waals surface area (Å²) in [5.74, 6) is 0.749. The van der Waals surface area contributed by atoms with Gasteiger partial charge in [-0.3, -0.25) is 0 Å². The van der Waals surface area contributed by atoms with Crippen molar-refractivity contribution in [3.8, 4) is 5.75 Å². The molecule has 0 fully saturated rings. The Morgan fingerprint density at radius 1 is 1.26 bits per heavy atom. The van der Waals surface area contributed by atoms with Gasteiger partial charge >= 0.3 is 0 Å². The van der Waals surface area contributed by atoms with Gasteiger partial charge in [-0.2, -0.15) is 0 Å². The first-order chi connectivity index (χ1) is 8.92. The molecule has 4 nitrogen and oxygen atoms in total. The van der Waals surface area contributed by atoms with Gasteiger partial charge in [0.1, 0.15) is 12.4 Å². The topological polar surface area (TPSA) is 55.4 Å². The summed E-state index contributed by atoms with van der Waals surface area (Å²) in [6.45, 7) is 5.45. The van der Waals surface area contributed by atoms with Crippen molar-refractivity contribution < 1.29 is 13.2 Å². The van der Waals surface area contributed by atoms with Crippen LogP contribution in [-0.2, 0) is 9.84 Å². The summed E-state index contributed by atoms with van der Waals surface area (Å²) in [6.07, 6.45) is 2.32. The quantitative estimate of drug-likeness (QED) is 0.795. The molecule has 0 saturated carbocycles. The van der Waals surface area contributed by atoms with Crippen molar-refractivity contribution in [1.82, 2.24) is 5.32 Å². The number of nitrogens with one attached hydrogen (secondary N) is 1. The number of ether oxygens (including phenoxy) is 1. The Morgan fingerprint density at radius 2 is 1.89 bits per heavy atom. The highest BCUT2D eigenvalue weighted by atomic mass is 32.2. The fourth-order valence-electron chi connectivity index (χ4n) is 1.64. The van der Waals surface area contributed by atoms with Crippen molar-refractivity contribution in [3.05, 3.63) is 29.8 Å². The number of hydrogen-bond donors (Lipinski definition) is 1. The first-order valence-corrected chi connectivity index (χ1v) is 8.62. The molecule has 1 rings (SSSR count). The van der Waals surface area contributed by atoms with Crippen LogP contribution in [0.3, 0.4) is 0 Å². The maximum absolute atomic E-state index is 11.0. The van der Waals surface area contributed by atoms with E-state index in [1.165, 1.54) is 11.8 Å². The van der Waals surface area contributed by atoms with Crippen molar-refractivity contribution >= 4 is 9.84 Å². The summed E-state index contributed by atoms with van der Waals surface area (Å²) in [5.41, 5.74) is 1.20. The molecule has 0 aliphatic carbocycles. The SMILES string of the molecule is CCCNC(C)c1ccc(OCCS(C)(=O)=O)cc1. The molecule has 0 bridgehead atoms. The molecule has 1 atom stereocenters. The number of sulfone groups is 1. The summed E-state index contributed by atoms with van der Waals surface area (Å²) in [5, 5.41) is 3.41. The van der Waals surface area contributed by atoms with Gasteiger partial charge in [-0.05, 0) is 37.6 Å². The molecule has 1 aromatic carbocycles. The summed E-state index contributed by atoms with van der Waals surface area (Å²) in [4.78, 5) is 0. The lowest BCUT2D eigenvalue weighted by atomic mass is 10.1. The Bertz CT molecular complexity index is 468. The lowest BCUT2D eigenvalue weighted by Gasteiger charge is -2.14. The zero-order valence-corrected chi connectivity index (χ0v) is 12.7. The van der Waals surface area contributed by atoms with Gasteiger partial charge in [-0.1, -0.05) is 19.1 Å². The predicted octanol–water partition coefficient (Wildman–Crippen LogP) is 2.17. The van der Waals surface area contributed by atoms with Crippen LogP contribution < -0.4 is 10.1 Å². The summed E-state index contributed by atoms with van der Waals surface area (Å²) in [7, 11) is -2.96. The molecule has 1 N–H and O–H groups in total. The third-order valence-corrected chi connectivity index (χ3v) is 3.71. The Hall–Kier alpha value is -1.07. The van der Waals surface area contributed by atoms with Gasteiger partial charge in [0.25, 0.3) is 0 Å². The molecular weight excluding hydrogens is 262 g/mol. The minimum atomic E-state index is -2.96. The van der Waals surface area contributed by atoms with Crippen LogP contribution in [0.5, 0.6) is 5.75 Å². The maximum Gasteiger partial charge on any atom is 0.150 e. The van der Waals surface area contributed by atoms with Gasteiger partial charge in [-0.15, -0.1) is 0 Å². The molecule has 0 heterocycles. The molecule has 0 radical (unpaired) electrons. The lowest BCUT2D eigenvalue weighted by Crippen LogP contribution is -2.19. The second kappa shape index (κ2) is 7.50. The number of hydrogen-bond acceptors (Lipinski definition) is 4. The van der Waals surface area contributed by atoms with Crippen LogP contribution >= 0.6 is 0 Å². The Morgan fingerprint density at radius 3 is 2.42 bits per heavy atom. The van der Waals surface area contributed by atoms with Crippen LogP contribution in [0.4, 0.5) is 0 Å². The van der Waals surface area contributed by atoms with E-state index < -0.39 is 9.84 Å². The average Bonchev–Trinajstić information content (AvgIpc) is 2.35. The molecule has 108 valence electrons. The maximum atomic E-state index is 11.0.